The van der Waals surface area contributed by atoms with Crippen LogP contribution in [0.25, 0.3) is 10.4 Å². The van der Waals surface area contributed by atoms with Crippen molar-refractivity contribution in [2.75, 3.05) is 6.54 Å². The largest absolute Gasteiger partial charge is 0.416 e. The van der Waals surface area contributed by atoms with Gasteiger partial charge in [0, 0.05) is 11.5 Å². The zero-order chi connectivity index (χ0) is 12.0. The minimum atomic E-state index is -4.30. The molecule has 0 saturated carbocycles. The van der Waals surface area contributed by atoms with E-state index in [0.717, 1.165) is 12.1 Å². The maximum atomic E-state index is 12.3. The first-order chi connectivity index (χ1) is 7.54. The zero-order valence-electron chi connectivity index (χ0n) is 8.41. The van der Waals surface area contributed by atoms with Crippen LogP contribution in [0.4, 0.5) is 13.2 Å². The number of nitrogens with zero attached hydrogens (tertiary/aromatic N) is 3. The Morgan fingerprint density at radius 2 is 2.06 bits per heavy atom. The van der Waals surface area contributed by atoms with Gasteiger partial charge in [-0.25, -0.2) is 0 Å². The van der Waals surface area contributed by atoms with E-state index in [-0.39, 0.29) is 0 Å². The first-order valence-electron chi connectivity index (χ1n) is 4.71. The highest BCUT2D eigenvalue weighted by molar-refractivity contribution is 5.25. The van der Waals surface area contributed by atoms with Gasteiger partial charge in [0.2, 0.25) is 0 Å². The highest BCUT2D eigenvalue weighted by Crippen LogP contribution is 2.29. The first kappa shape index (κ1) is 12.4. The highest BCUT2D eigenvalue weighted by atomic mass is 19.4. The third kappa shape index (κ3) is 3.82. The quantitative estimate of drug-likeness (QED) is 0.325. The van der Waals surface area contributed by atoms with E-state index in [0.29, 0.717) is 24.9 Å². The Hall–Kier alpha value is -1.68. The smallest absolute Gasteiger partial charge is 0.166 e. The SMILES string of the molecule is [N-]=[N+]=NCCCc1cccc(C(F)(F)F)c1. The van der Waals surface area contributed by atoms with Crippen LogP contribution in [-0.4, -0.2) is 6.54 Å². The summed E-state index contributed by atoms with van der Waals surface area (Å²) in [6.07, 6.45) is -3.28. The maximum absolute atomic E-state index is 12.3. The molecular formula is C10H10F3N3. The minimum Gasteiger partial charge on any atom is -0.166 e. The van der Waals surface area contributed by atoms with Crippen molar-refractivity contribution in [1.29, 1.82) is 0 Å². The second kappa shape index (κ2) is 5.42. The average molecular weight is 229 g/mol. The number of aryl methyl sites for hydroxylation is 1. The van der Waals surface area contributed by atoms with Crippen LogP contribution in [0, 0.1) is 0 Å². The van der Waals surface area contributed by atoms with E-state index in [1.807, 2.05) is 0 Å². The van der Waals surface area contributed by atoms with Gasteiger partial charge in [0.05, 0.1) is 5.56 Å². The molecule has 0 aliphatic heterocycles. The van der Waals surface area contributed by atoms with E-state index in [4.69, 9.17) is 5.53 Å². The second-order valence-electron chi connectivity index (χ2n) is 3.26. The van der Waals surface area contributed by atoms with Gasteiger partial charge in [-0.05, 0) is 30.0 Å². The molecule has 0 aliphatic rings. The molecule has 0 atom stereocenters. The van der Waals surface area contributed by atoms with E-state index in [1.165, 1.54) is 6.07 Å². The fourth-order valence-electron chi connectivity index (χ4n) is 1.30. The Kier molecular flexibility index (Phi) is 4.19. The Balaban J connectivity index is 2.64. The number of benzene rings is 1. The predicted molar refractivity (Wildman–Crippen MR) is 53.8 cm³/mol. The molecule has 86 valence electrons. The minimum absolute atomic E-state index is 0.298. The molecular weight excluding hydrogens is 219 g/mol. The lowest BCUT2D eigenvalue weighted by Crippen LogP contribution is -2.05. The molecule has 0 aliphatic carbocycles. The molecule has 0 radical (unpaired) electrons. The van der Waals surface area contributed by atoms with Crippen LogP contribution >= 0.6 is 0 Å². The number of azide groups is 1. The Bertz CT molecular complexity index is 395. The summed E-state index contributed by atoms with van der Waals surface area (Å²) in [5.74, 6) is 0. The van der Waals surface area contributed by atoms with E-state index in [1.54, 1.807) is 6.07 Å². The van der Waals surface area contributed by atoms with Gasteiger partial charge in [0.15, 0.2) is 0 Å². The van der Waals surface area contributed by atoms with Crippen LogP contribution in [0.5, 0.6) is 0 Å². The third-order valence-corrected chi connectivity index (χ3v) is 2.04. The molecule has 1 aromatic rings. The van der Waals surface area contributed by atoms with Gasteiger partial charge in [-0.2, -0.15) is 13.2 Å². The van der Waals surface area contributed by atoms with Crippen LogP contribution in [-0.2, 0) is 12.6 Å². The molecule has 0 amide bonds. The molecule has 0 N–H and O–H groups in total. The summed E-state index contributed by atoms with van der Waals surface area (Å²) >= 11 is 0. The van der Waals surface area contributed by atoms with E-state index < -0.39 is 11.7 Å². The Morgan fingerprint density at radius 3 is 2.69 bits per heavy atom. The lowest BCUT2D eigenvalue weighted by Gasteiger charge is -2.08. The molecule has 0 aromatic heterocycles. The fourth-order valence-corrected chi connectivity index (χ4v) is 1.30. The van der Waals surface area contributed by atoms with E-state index in [2.05, 4.69) is 10.0 Å². The van der Waals surface area contributed by atoms with Gasteiger partial charge in [-0.3, -0.25) is 0 Å². The Labute approximate surface area is 90.5 Å². The average Bonchev–Trinajstić information content (AvgIpc) is 2.24. The summed E-state index contributed by atoms with van der Waals surface area (Å²) < 4.78 is 37.0. The summed E-state index contributed by atoms with van der Waals surface area (Å²) in [7, 11) is 0. The molecule has 1 rings (SSSR count). The number of alkyl halides is 3. The predicted octanol–water partition coefficient (Wildman–Crippen LogP) is 3.95. The molecule has 0 heterocycles. The number of halogens is 3. The first-order valence-corrected chi connectivity index (χ1v) is 4.71. The summed E-state index contributed by atoms with van der Waals surface area (Å²) in [6.45, 7) is 0.298. The standard InChI is InChI=1S/C10H10F3N3/c11-10(12,13)9-5-1-3-8(7-9)4-2-6-15-16-14/h1,3,5,7H,2,4,6H2. The van der Waals surface area contributed by atoms with Crippen molar-refractivity contribution in [3.63, 3.8) is 0 Å². The van der Waals surface area contributed by atoms with Crippen molar-refractivity contribution in [2.24, 2.45) is 5.11 Å². The van der Waals surface area contributed by atoms with Crippen molar-refractivity contribution >= 4 is 0 Å². The topological polar surface area (TPSA) is 48.8 Å². The van der Waals surface area contributed by atoms with Gasteiger partial charge in [-0.1, -0.05) is 23.3 Å². The number of rotatable bonds is 4. The van der Waals surface area contributed by atoms with E-state index >= 15 is 0 Å². The van der Waals surface area contributed by atoms with Crippen LogP contribution < -0.4 is 0 Å². The molecule has 1 aromatic carbocycles. The normalized spacial score (nSPS) is 10.9. The summed E-state index contributed by atoms with van der Waals surface area (Å²) in [5.41, 5.74) is 7.98. The van der Waals surface area contributed by atoms with Crippen molar-refractivity contribution in [2.45, 2.75) is 19.0 Å². The Morgan fingerprint density at radius 1 is 1.31 bits per heavy atom. The van der Waals surface area contributed by atoms with Crippen LogP contribution in [0.2, 0.25) is 0 Å². The molecule has 0 bridgehead atoms. The van der Waals surface area contributed by atoms with Crippen LogP contribution in [0.15, 0.2) is 29.4 Å². The van der Waals surface area contributed by atoms with Crippen molar-refractivity contribution in [1.82, 2.24) is 0 Å². The van der Waals surface area contributed by atoms with Gasteiger partial charge in [0.1, 0.15) is 0 Å². The van der Waals surface area contributed by atoms with E-state index in [9.17, 15) is 13.2 Å². The maximum Gasteiger partial charge on any atom is 0.416 e. The molecule has 16 heavy (non-hydrogen) atoms. The van der Waals surface area contributed by atoms with Gasteiger partial charge >= 0.3 is 6.18 Å². The van der Waals surface area contributed by atoms with Crippen molar-refractivity contribution < 1.29 is 13.2 Å². The van der Waals surface area contributed by atoms with Gasteiger partial charge in [0.25, 0.3) is 0 Å². The van der Waals surface area contributed by atoms with Gasteiger partial charge < -0.3 is 0 Å². The third-order valence-electron chi connectivity index (χ3n) is 2.04. The molecule has 6 heteroatoms. The zero-order valence-corrected chi connectivity index (χ0v) is 8.41. The molecule has 3 nitrogen and oxygen atoms in total. The molecule has 0 fully saturated rings. The second-order valence-corrected chi connectivity index (χ2v) is 3.26. The molecule has 0 spiro atoms. The summed E-state index contributed by atoms with van der Waals surface area (Å²) in [4.78, 5) is 2.57. The highest BCUT2D eigenvalue weighted by Gasteiger charge is 2.30. The van der Waals surface area contributed by atoms with Crippen LogP contribution in [0.3, 0.4) is 0 Å². The van der Waals surface area contributed by atoms with Gasteiger partial charge in [-0.15, -0.1) is 0 Å². The van der Waals surface area contributed by atoms with Crippen LogP contribution in [0.1, 0.15) is 17.5 Å². The summed E-state index contributed by atoms with van der Waals surface area (Å²) in [6, 6.07) is 5.17. The molecule has 0 unspecified atom stereocenters. The van der Waals surface area contributed by atoms with Crippen molar-refractivity contribution in [3.05, 3.63) is 45.8 Å². The van der Waals surface area contributed by atoms with Crippen molar-refractivity contribution in [3.8, 4) is 0 Å². The number of hydrogen-bond donors (Lipinski definition) is 0. The summed E-state index contributed by atoms with van der Waals surface area (Å²) in [5, 5.41) is 3.32. The monoisotopic (exact) mass is 229 g/mol. The number of hydrogen-bond acceptors (Lipinski definition) is 1. The fraction of sp³-hybridized carbons (Fsp3) is 0.400. The lowest BCUT2D eigenvalue weighted by molar-refractivity contribution is -0.137. The lowest BCUT2D eigenvalue weighted by atomic mass is 10.1. The molecule has 0 saturated heterocycles.